The molecule has 98 valence electrons. The highest BCUT2D eigenvalue weighted by atomic mass is 16.2. The quantitative estimate of drug-likeness (QED) is 0.662. The first-order chi connectivity index (χ1) is 8.19. The van der Waals surface area contributed by atoms with Crippen molar-refractivity contribution >= 4 is 11.8 Å². The number of likely N-dealkylation sites (tertiary alicyclic amines) is 1. The Morgan fingerprint density at radius 3 is 2.06 bits per heavy atom. The van der Waals surface area contributed by atoms with Crippen LogP contribution in [0.4, 0.5) is 0 Å². The second-order valence-electron chi connectivity index (χ2n) is 4.65. The lowest BCUT2D eigenvalue weighted by Crippen LogP contribution is -2.37. The van der Waals surface area contributed by atoms with Gasteiger partial charge in [0.1, 0.15) is 6.42 Å². The fourth-order valence-corrected chi connectivity index (χ4v) is 2.22. The van der Waals surface area contributed by atoms with Gasteiger partial charge in [-0.2, -0.15) is 0 Å². The van der Waals surface area contributed by atoms with E-state index in [1.807, 2.05) is 9.80 Å². The van der Waals surface area contributed by atoms with E-state index >= 15 is 0 Å². The van der Waals surface area contributed by atoms with E-state index in [1.54, 1.807) is 0 Å². The maximum Gasteiger partial charge on any atom is 0.232 e. The maximum atomic E-state index is 12.0. The molecule has 1 saturated heterocycles. The molecule has 0 saturated carbocycles. The highest BCUT2D eigenvalue weighted by Gasteiger charge is 2.22. The second-order valence-corrected chi connectivity index (χ2v) is 4.65. The normalized spacial score (nSPS) is 15.1. The van der Waals surface area contributed by atoms with Crippen LogP contribution in [0.25, 0.3) is 0 Å². The Balaban J connectivity index is 2.41. The molecule has 0 N–H and O–H groups in total. The van der Waals surface area contributed by atoms with Crippen LogP contribution in [0.3, 0.4) is 0 Å². The Labute approximate surface area is 104 Å². The summed E-state index contributed by atoms with van der Waals surface area (Å²) < 4.78 is 0. The van der Waals surface area contributed by atoms with E-state index in [0.717, 1.165) is 51.9 Å². The molecule has 0 bridgehead atoms. The fourth-order valence-electron chi connectivity index (χ4n) is 2.22. The molecule has 0 aromatic rings. The minimum absolute atomic E-state index is 0.00436. The molecule has 0 aromatic carbocycles. The van der Waals surface area contributed by atoms with Gasteiger partial charge in [-0.1, -0.05) is 13.8 Å². The molecule has 17 heavy (non-hydrogen) atoms. The van der Waals surface area contributed by atoms with E-state index in [1.165, 1.54) is 0 Å². The first-order valence-corrected chi connectivity index (χ1v) is 6.74. The third-order valence-electron chi connectivity index (χ3n) is 3.10. The summed E-state index contributed by atoms with van der Waals surface area (Å²) in [5.74, 6) is -0.00435. The van der Waals surface area contributed by atoms with E-state index in [4.69, 9.17) is 0 Å². The topological polar surface area (TPSA) is 40.6 Å². The number of amides is 2. The van der Waals surface area contributed by atoms with Gasteiger partial charge >= 0.3 is 0 Å². The molecule has 1 fully saturated rings. The van der Waals surface area contributed by atoms with Gasteiger partial charge in [-0.05, 0) is 25.7 Å². The van der Waals surface area contributed by atoms with Crippen LogP contribution >= 0.6 is 0 Å². The van der Waals surface area contributed by atoms with Crippen LogP contribution in [0.1, 0.15) is 46.0 Å². The van der Waals surface area contributed by atoms with Gasteiger partial charge in [0.15, 0.2) is 0 Å². The lowest BCUT2D eigenvalue weighted by atomic mass is 10.3. The molecule has 2 amide bonds. The SMILES string of the molecule is CCCN(CCC)C(=O)CC(=O)N1CCCC1. The zero-order valence-electron chi connectivity index (χ0n) is 11.1. The number of carbonyl (C=O) groups excluding carboxylic acids is 2. The number of hydrogen-bond acceptors (Lipinski definition) is 2. The summed E-state index contributed by atoms with van der Waals surface area (Å²) in [6, 6.07) is 0. The predicted octanol–water partition coefficient (Wildman–Crippen LogP) is 1.65. The van der Waals surface area contributed by atoms with Crippen molar-refractivity contribution in [2.24, 2.45) is 0 Å². The smallest absolute Gasteiger partial charge is 0.232 e. The summed E-state index contributed by atoms with van der Waals surface area (Å²) in [5.41, 5.74) is 0. The fraction of sp³-hybridized carbons (Fsp3) is 0.846. The van der Waals surface area contributed by atoms with Gasteiger partial charge in [0.2, 0.25) is 11.8 Å². The Hall–Kier alpha value is -1.06. The summed E-state index contributed by atoms with van der Waals surface area (Å²) in [6.45, 7) is 7.29. The molecule has 0 radical (unpaired) electrons. The highest BCUT2D eigenvalue weighted by molar-refractivity contribution is 5.97. The summed E-state index contributed by atoms with van der Waals surface area (Å²) in [6.07, 6.45) is 4.11. The third kappa shape index (κ3) is 4.36. The van der Waals surface area contributed by atoms with Crippen LogP contribution in [0.2, 0.25) is 0 Å². The van der Waals surface area contributed by atoms with Crippen molar-refractivity contribution in [2.75, 3.05) is 26.2 Å². The van der Waals surface area contributed by atoms with E-state index in [0.29, 0.717) is 0 Å². The number of nitrogens with zero attached hydrogens (tertiary/aromatic N) is 2. The lowest BCUT2D eigenvalue weighted by molar-refractivity contribution is -0.140. The standard InChI is InChI=1S/C13H24N2O2/c1-3-7-14(8-4-2)12(16)11-13(17)15-9-5-6-10-15/h3-11H2,1-2H3. The van der Waals surface area contributed by atoms with Gasteiger partial charge in [0.25, 0.3) is 0 Å². The van der Waals surface area contributed by atoms with Gasteiger partial charge in [-0.3, -0.25) is 9.59 Å². The molecule has 0 atom stereocenters. The average Bonchev–Trinajstić information content (AvgIpc) is 2.82. The van der Waals surface area contributed by atoms with Crippen LogP contribution < -0.4 is 0 Å². The highest BCUT2D eigenvalue weighted by Crippen LogP contribution is 2.10. The van der Waals surface area contributed by atoms with Crippen LogP contribution in [-0.2, 0) is 9.59 Å². The van der Waals surface area contributed by atoms with Gasteiger partial charge in [0, 0.05) is 26.2 Å². The number of hydrogen-bond donors (Lipinski definition) is 0. The van der Waals surface area contributed by atoms with E-state index in [-0.39, 0.29) is 18.2 Å². The van der Waals surface area contributed by atoms with E-state index < -0.39 is 0 Å². The Morgan fingerprint density at radius 1 is 1.06 bits per heavy atom. The van der Waals surface area contributed by atoms with Crippen molar-refractivity contribution in [1.82, 2.24) is 9.80 Å². The van der Waals surface area contributed by atoms with Crippen molar-refractivity contribution in [3.63, 3.8) is 0 Å². The zero-order valence-corrected chi connectivity index (χ0v) is 11.1. The molecule has 0 unspecified atom stereocenters. The van der Waals surface area contributed by atoms with Crippen LogP contribution in [0.5, 0.6) is 0 Å². The molecular weight excluding hydrogens is 216 g/mol. The van der Waals surface area contributed by atoms with Gasteiger partial charge < -0.3 is 9.80 Å². The first-order valence-electron chi connectivity index (χ1n) is 6.74. The molecule has 0 aromatic heterocycles. The van der Waals surface area contributed by atoms with Crippen molar-refractivity contribution in [3.8, 4) is 0 Å². The molecule has 1 rings (SSSR count). The molecule has 1 heterocycles. The lowest BCUT2D eigenvalue weighted by Gasteiger charge is -2.22. The van der Waals surface area contributed by atoms with Gasteiger partial charge in [-0.15, -0.1) is 0 Å². The van der Waals surface area contributed by atoms with Crippen molar-refractivity contribution in [1.29, 1.82) is 0 Å². The second kappa shape index (κ2) is 7.30. The Bertz CT molecular complexity index is 254. The van der Waals surface area contributed by atoms with Crippen LogP contribution in [0, 0.1) is 0 Å². The average molecular weight is 240 g/mol. The summed E-state index contributed by atoms with van der Waals surface area (Å²) >= 11 is 0. The van der Waals surface area contributed by atoms with Crippen LogP contribution in [-0.4, -0.2) is 47.8 Å². The monoisotopic (exact) mass is 240 g/mol. The molecule has 0 spiro atoms. The summed E-state index contributed by atoms with van der Waals surface area (Å²) in [7, 11) is 0. The Kier molecular flexibility index (Phi) is 6.01. The van der Waals surface area contributed by atoms with E-state index in [2.05, 4.69) is 13.8 Å². The molecule has 0 aliphatic carbocycles. The summed E-state index contributed by atoms with van der Waals surface area (Å²) in [4.78, 5) is 27.4. The molecular formula is C13H24N2O2. The maximum absolute atomic E-state index is 12.0. The van der Waals surface area contributed by atoms with Crippen molar-refractivity contribution in [3.05, 3.63) is 0 Å². The van der Waals surface area contributed by atoms with E-state index in [9.17, 15) is 9.59 Å². The Morgan fingerprint density at radius 2 is 1.59 bits per heavy atom. The van der Waals surface area contributed by atoms with Gasteiger partial charge in [-0.25, -0.2) is 0 Å². The molecule has 4 heteroatoms. The first kappa shape index (κ1) is 14.0. The number of rotatable bonds is 6. The van der Waals surface area contributed by atoms with Crippen molar-refractivity contribution < 1.29 is 9.59 Å². The van der Waals surface area contributed by atoms with Crippen molar-refractivity contribution in [2.45, 2.75) is 46.0 Å². The minimum atomic E-state index is -0.00870. The predicted molar refractivity (Wildman–Crippen MR) is 67.6 cm³/mol. The zero-order chi connectivity index (χ0) is 12.7. The molecule has 4 nitrogen and oxygen atoms in total. The van der Waals surface area contributed by atoms with Gasteiger partial charge in [0.05, 0.1) is 0 Å². The largest absolute Gasteiger partial charge is 0.342 e. The van der Waals surface area contributed by atoms with Crippen LogP contribution in [0.15, 0.2) is 0 Å². The number of carbonyl (C=O) groups is 2. The summed E-state index contributed by atoms with van der Waals surface area (Å²) in [5, 5.41) is 0. The molecule has 1 aliphatic heterocycles. The minimum Gasteiger partial charge on any atom is -0.342 e. The molecule has 1 aliphatic rings. The third-order valence-corrected chi connectivity index (χ3v) is 3.10.